The van der Waals surface area contributed by atoms with Gasteiger partial charge in [0.1, 0.15) is 6.04 Å². The average molecular weight is 316 g/mol. The number of nitrogens with zero attached hydrogens (tertiary/aromatic N) is 1. The Balaban J connectivity index is 2.27. The third-order valence-electron chi connectivity index (χ3n) is 3.11. The Kier molecular flexibility index (Phi) is 3.97. The molecule has 0 bridgehead atoms. The summed E-state index contributed by atoms with van der Waals surface area (Å²) in [6.45, 7) is 0. The number of rotatable bonds is 4. The van der Waals surface area contributed by atoms with Crippen LogP contribution in [0.3, 0.4) is 0 Å². The summed E-state index contributed by atoms with van der Waals surface area (Å²) in [7, 11) is -1.59. The molecule has 1 N–H and O–H groups in total. The van der Waals surface area contributed by atoms with E-state index in [9.17, 15) is 22.4 Å². The molecule has 0 spiro atoms. The first-order valence-corrected chi connectivity index (χ1v) is 7.41. The molecule has 1 aromatic carbocycles. The van der Waals surface area contributed by atoms with Gasteiger partial charge in [-0.25, -0.2) is 12.8 Å². The normalized spacial score (nSPS) is 19.2. The highest BCUT2D eigenvalue weighted by Crippen LogP contribution is 2.22. The molecule has 1 saturated heterocycles. The highest BCUT2D eigenvalue weighted by Gasteiger charge is 2.38. The molecule has 21 heavy (non-hydrogen) atoms. The van der Waals surface area contributed by atoms with Gasteiger partial charge in [0.2, 0.25) is 21.8 Å². The van der Waals surface area contributed by atoms with Crippen LogP contribution in [0.25, 0.3) is 0 Å². The third-order valence-corrected chi connectivity index (χ3v) is 4.58. The Bertz CT molecular complexity index is 704. The van der Waals surface area contributed by atoms with Crippen LogP contribution in [0, 0.1) is 5.82 Å². The van der Waals surface area contributed by atoms with Crippen molar-refractivity contribution in [3.8, 4) is 5.75 Å². The number of benzene rings is 1. The Morgan fingerprint density at radius 1 is 1.38 bits per heavy atom. The van der Waals surface area contributed by atoms with Crippen LogP contribution in [0.15, 0.2) is 23.1 Å². The van der Waals surface area contributed by atoms with E-state index in [4.69, 9.17) is 4.74 Å². The first kappa shape index (κ1) is 15.4. The van der Waals surface area contributed by atoms with Crippen molar-refractivity contribution in [1.82, 2.24) is 9.62 Å². The summed E-state index contributed by atoms with van der Waals surface area (Å²) in [5.74, 6) is -2.03. The molecule has 1 fully saturated rings. The fourth-order valence-electron chi connectivity index (χ4n) is 1.91. The number of halogens is 1. The highest BCUT2D eigenvalue weighted by atomic mass is 32.2. The Labute approximate surface area is 120 Å². The van der Waals surface area contributed by atoms with Crippen molar-refractivity contribution in [3.63, 3.8) is 0 Å². The van der Waals surface area contributed by atoms with Crippen LogP contribution < -0.4 is 9.46 Å². The zero-order valence-corrected chi connectivity index (χ0v) is 12.1. The maximum Gasteiger partial charge on any atom is 0.247 e. The summed E-state index contributed by atoms with van der Waals surface area (Å²) in [6, 6.07) is 1.85. The summed E-state index contributed by atoms with van der Waals surface area (Å²) in [5, 5.41) is 0. The molecule has 1 aromatic rings. The largest absolute Gasteiger partial charge is 0.494 e. The number of hydrogen-bond acceptors (Lipinski definition) is 5. The van der Waals surface area contributed by atoms with Crippen LogP contribution in [0.2, 0.25) is 0 Å². The van der Waals surface area contributed by atoms with Crippen LogP contribution in [-0.4, -0.2) is 45.3 Å². The predicted molar refractivity (Wildman–Crippen MR) is 69.5 cm³/mol. The molecule has 7 nitrogen and oxygen atoms in total. The number of nitrogens with one attached hydrogen (secondary N) is 1. The Morgan fingerprint density at radius 3 is 2.57 bits per heavy atom. The van der Waals surface area contributed by atoms with E-state index in [0.29, 0.717) is 0 Å². The van der Waals surface area contributed by atoms with E-state index in [2.05, 4.69) is 4.72 Å². The van der Waals surface area contributed by atoms with Gasteiger partial charge in [-0.15, -0.1) is 0 Å². The minimum Gasteiger partial charge on any atom is -0.494 e. The van der Waals surface area contributed by atoms with Crippen LogP contribution in [0.5, 0.6) is 5.75 Å². The van der Waals surface area contributed by atoms with E-state index in [-0.39, 0.29) is 17.1 Å². The molecule has 114 valence electrons. The number of amides is 2. The second-order valence-electron chi connectivity index (χ2n) is 4.47. The quantitative estimate of drug-likeness (QED) is 0.781. The van der Waals surface area contributed by atoms with Crippen LogP contribution in [0.4, 0.5) is 4.39 Å². The van der Waals surface area contributed by atoms with Crippen molar-refractivity contribution in [2.24, 2.45) is 0 Å². The second kappa shape index (κ2) is 5.41. The van der Waals surface area contributed by atoms with E-state index in [1.54, 1.807) is 0 Å². The van der Waals surface area contributed by atoms with E-state index >= 15 is 0 Å². The van der Waals surface area contributed by atoms with Gasteiger partial charge in [0.05, 0.1) is 18.4 Å². The lowest BCUT2D eigenvalue weighted by molar-refractivity contribution is -0.137. The minimum absolute atomic E-state index is 0.233. The molecule has 1 heterocycles. The smallest absolute Gasteiger partial charge is 0.247 e. The van der Waals surface area contributed by atoms with E-state index in [1.807, 2.05) is 0 Å². The molecule has 0 saturated carbocycles. The van der Waals surface area contributed by atoms with Gasteiger partial charge < -0.3 is 4.74 Å². The number of ether oxygens (including phenoxy) is 1. The fraction of sp³-hybridized carbons (Fsp3) is 0.333. The zero-order valence-electron chi connectivity index (χ0n) is 11.3. The number of imide groups is 1. The summed E-state index contributed by atoms with van der Waals surface area (Å²) in [5.41, 5.74) is 0. The molecule has 1 aliphatic rings. The third kappa shape index (κ3) is 2.88. The number of carbonyl (C=O) groups excluding carboxylic acids is 2. The fourth-order valence-corrected chi connectivity index (χ4v) is 3.11. The van der Waals surface area contributed by atoms with Crippen LogP contribution >= 0.6 is 0 Å². The van der Waals surface area contributed by atoms with Crippen molar-refractivity contribution in [2.75, 3.05) is 14.2 Å². The van der Waals surface area contributed by atoms with E-state index in [1.165, 1.54) is 14.2 Å². The number of likely N-dealkylation sites (tertiary alicyclic amines) is 1. The zero-order chi connectivity index (χ0) is 15.8. The van der Waals surface area contributed by atoms with Gasteiger partial charge in [0.25, 0.3) is 0 Å². The van der Waals surface area contributed by atoms with Gasteiger partial charge in [0, 0.05) is 13.1 Å². The maximum absolute atomic E-state index is 13.3. The summed E-state index contributed by atoms with van der Waals surface area (Å²) >= 11 is 0. The van der Waals surface area contributed by atoms with Gasteiger partial charge in [-0.2, -0.15) is 4.72 Å². The molecular weight excluding hydrogens is 303 g/mol. The lowest BCUT2D eigenvalue weighted by Gasteiger charge is -2.12. The molecule has 1 aliphatic heterocycles. The maximum atomic E-state index is 13.3. The molecule has 2 rings (SSSR count). The topological polar surface area (TPSA) is 92.8 Å². The minimum atomic E-state index is -4.07. The van der Waals surface area contributed by atoms with Crippen molar-refractivity contribution >= 4 is 21.8 Å². The molecule has 2 amide bonds. The molecule has 1 atom stereocenters. The predicted octanol–water partition coefficient (Wildman–Crippen LogP) is -0.130. The van der Waals surface area contributed by atoms with Crippen molar-refractivity contribution in [1.29, 1.82) is 0 Å². The number of sulfonamides is 1. The van der Waals surface area contributed by atoms with Gasteiger partial charge in [-0.05, 0) is 12.1 Å². The Hall–Kier alpha value is -2.00. The Morgan fingerprint density at radius 2 is 2.05 bits per heavy atom. The molecule has 0 radical (unpaired) electrons. The average Bonchev–Trinajstić information content (AvgIpc) is 2.66. The summed E-state index contributed by atoms with van der Waals surface area (Å²) in [4.78, 5) is 23.7. The van der Waals surface area contributed by atoms with Crippen molar-refractivity contribution in [3.05, 3.63) is 24.0 Å². The van der Waals surface area contributed by atoms with Gasteiger partial charge in [0.15, 0.2) is 11.6 Å². The number of likely N-dealkylation sites (N-methyl/N-ethyl adjacent to an activating group) is 1. The van der Waals surface area contributed by atoms with Crippen molar-refractivity contribution in [2.45, 2.75) is 17.4 Å². The molecule has 0 aliphatic carbocycles. The van der Waals surface area contributed by atoms with Crippen molar-refractivity contribution < 1.29 is 27.1 Å². The van der Waals surface area contributed by atoms with Crippen LogP contribution in [0.1, 0.15) is 6.42 Å². The van der Waals surface area contributed by atoms with E-state index < -0.39 is 33.7 Å². The van der Waals surface area contributed by atoms with Gasteiger partial charge in [-0.3, -0.25) is 14.5 Å². The molecule has 0 unspecified atom stereocenters. The lowest BCUT2D eigenvalue weighted by atomic mass is 10.3. The van der Waals surface area contributed by atoms with Gasteiger partial charge in [-0.1, -0.05) is 0 Å². The lowest BCUT2D eigenvalue weighted by Crippen LogP contribution is -2.40. The first-order chi connectivity index (χ1) is 9.76. The summed E-state index contributed by atoms with van der Waals surface area (Å²) in [6.07, 6.45) is -0.243. The second-order valence-corrected chi connectivity index (χ2v) is 6.18. The summed E-state index contributed by atoms with van der Waals surface area (Å²) < 4.78 is 44.4. The number of methoxy groups -OCH3 is 1. The molecule has 0 aromatic heterocycles. The standard InChI is InChI=1S/C12H13FN2O5S/c1-15-11(16)6-9(12(15)17)14-21(18,19)7-3-4-8(13)10(5-7)20-2/h3-5,9,14H,6H2,1-2H3/t9-/m0/s1. The monoisotopic (exact) mass is 316 g/mol. The van der Waals surface area contributed by atoms with Crippen LogP contribution in [-0.2, 0) is 19.6 Å². The highest BCUT2D eigenvalue weighted by molar-refractivity contribution is 7.89. The number of carbonyl (C=O) groups is 2. The number of hydrogen-bond donors (Lipinski definition) is 1. The SMILES string of the molecule is COc1cc(S(=O)(=O)N[C@H]2CC(=O)N(C)C2=O)ccc1F. The van der Waals surface area contributed by atoms with Gasteiger partial charge >= 0.3 is 0 Å². The molecule has 9 heteroatoms. The molecular formula is C12H13FN2O5S. The first-order valence-electron chi connectivity index (χ1n) is 5.92. The van der Waals surface area contributed by atoms with E-state index in [0.717, 1.165) is 23.1 Å².